The highest BCUT2D eigenvalue weighted by atomic mass is 19.1. The molecule has 0 radical (unpaired) electrons. The van der Waals surface area contributed by atoms with Crippen molar-refractivity contribution in [2.75, 3.05) is 6.54 Å². The van der Waals surface area contributed by atoms with E-state index in [1.165, 1.54) is 37.8 Å². The lowest BCUT2D eigenvalue weighted by Crippen LogP contribution is -2.31. The summed E-state index contributed by atoms with van der Waals surface area (Å²) in [7, 11) is 0. The van der Waals surface area contributed by atoms with Crippen molar-refractivity contribution >= 4 is 5.78 Å². The van der Waals surface area contributed by atoms with Crippen LogP contribution in [0.4, 0.5) is 4.39 Å². The van der Waals surface area contributed by atoms with Crippen LogP contribution in [0.1, 0.15) is 47.4 Å². The maximum atomic E-state index is 13.1. The van der Waals surface area contributed by atoms with E-state index < -0.39 is 0 Å². The van der Waals surface area contributed by atoms with Crippen LogP contribution in [0.2, 0.25) is 0 Å². The molecule has 0 saturated heterocycles. The summed E-state index contributed by atoms with van der Waals surface area (Å²) in [4.78, 5) is 12.5. The highest BCUT2D eigenvalue weighted by Gasteiger charge is 2.19. The molecular formula is C19H23FN2O. The average Bonchev–Trinajstić information content (AvgIpc) is 3.14. The van der Waals surface area contributed by atoms with Crippen LogP contribution in [0.5, 0.6) is 0 Å². The summed E-state index contributed by atoms with van der Waals surface area (Å²) >= 11 is 0. The highest BCUT2D eigenvalue weighted by molar-refractivity contribution is 5.99. The lowest BCUT2D eigenvalue weighted by molar-refractivity contribution is 0.0987. The van der Waals surface area contributed by atoms with E-state index in [-0.39, 0.29) is 11.6 Å². The van der Waals surface area contributed by atoms with Crippen molar-refractivity contribution in [2.24, 2.45) is 0 Å². The summed E-state index contributed by atoms with van der Waals surface area (Å²) in [6.45, 7) is 4.30. The molecular weight excluding hydrogens is 291 g/mol. The number of carbonyl (C=O) groups excluding carboxylic acids is 1. The Hall–Kier alpha value is -1.94. The van der Waals surface area contributed by atoms with E-state index in [4.69, 9.17) is 0 Å². The van der Waals surface area contributed by atoms with Gasteiger partial charge in [0.15, 0.2) is 5.78 Å². The van der Waals surface area contributed by atoms with Gasteiger partial charge in [0.25, 0.3) is 0 Å². The van der Waals surface area contributed by atoms with Crippen molar-refractivity contribution in [1.82, 2.24) is 9.88 Å². The first-order valence-corrected chi connectivity index (χ1v) is 8.27. The highest BCUT2D eigenvalue weighted by Crippen LogP contribution is 2.22. The summed E-state index contributed by atoms with van der Waals surface area (Å²) < 4.78 is 15.1. The largest absolute Gasteiger partial charge is 0.318 e. The second-order valence-electron chi connectivity index (χ2n) is 6.38. The van der Waals surface area contributed by atoms with Gasteiger partial charge in [-0.2, -0.15) is 0 Å². The molecule has 0 amide bonds. The number of hydrogen-bond donors (Lipinski definition) is 1. The molecule has 1 aliphatic rings. The number of nitrogens with one attached hydrogen (secondary N) is 1. The fourth-order valence-corrected chi connectivity index (χ4v) is 3.49. The molecule has 0 aliphatic heterocycles. The molecule has 1 fully saturated rings. The molecule has 3 nitrogen and oxygen atoms in total. The minimum atomic E-state index is -0.256. The van der Waals surface area contributed by atoms with Gasteiger partial charge in [-0.05, 0) is 57.0 Å². The predicted octanol–water partition coefficient (Wildman–Crippen LogP) is 3.95. The Morgan fingerprint density at radius 2 is 1.87 bits per heavy atom. The van der Waals surface area contributed by atoms with Crippen LogP contribution in [-0.4, -0.2) is 22.9 Å². The molecule has 4 heteroatoms. The fourth-order valence-electron chi connectivity index (χ4n) is 3.49. The number of carbonyl (C=O) groups is 1. The van der Waals surface area contributed by atoms with Crippen LogP contribution in [0, 0.1) is 19.7 Å². The molecule has 1 heterocycles. The molecule has 122 valence electrons. The van der Waals surface area contributed by atoms with Crippen LogP contribution in [0.25, 0.3) is 5.69 Å². The lowest BCUT2D eigenvalue weighted by atomic mass is 10.1. The Bertz CT molecular complexity index is 697. The van der Waals surface area contributed by atoms with Crippen LogP contribution in [-0.2, 0) is 0 Å². The van der Waals surface area contributed by atoms with Crippen LogP contribution >= 0.6 is 0 Å². The van der Waals surface area contributed by atoms with Crippen molar-refractivity contribution in [3.05, 3.63) is 53.1 Å². The number of rotatable bonds is 5. The standard InChI is InChI=1S/C19H23FN2O/c1-13-11-18(19(23)12-21-16-5-3-4-6-16)14(2)22(13)17-9-7-15(20)8-10-17/h7-11,16,21H,3-6,12H2,1-2H3. The zero-order chi connectivity index (χ0) is 16.4. The Morgan fingerprint density at radius 1 is 1.22 bits per heavy atom. The SMILES string of the molecule is Cc1cc(C(=O)CNC2CCCC2)c(C)n1-c1ccc(F)cc1. The number of benzene rings is 1. The minimum absolute atomic E-state index is 0.123. The zero-order valence-electron chi connectivity index (χ0n) is 13.7. The average molecular weight is 314 g/mol. The molecule has 0 atom stereocenters. The van der Waals surface area contributed by atoms with Gasteiger partial charge in [-0.15, -0.1) is 0 Å². The number of hydrogen-bond acceptors (Lipinski definition) is 2. The van der Waals surface area contributed by atoms with Gasteiger partial charge >= 0.3 is 0 Å². The Kier molecular flexibility index (Phi) is 4.62. The molecule has 0 unspecified atom stereocenters. The number of nitrogens with zero attached hydrogens (tertiary/aromatic N) is 1. The van der Waals surface area contributed by atoms with Crippen molar-refractivity contribution in [2.45, 2.75) is 45.6 Å². The number of ketones is 1. The summed E-state index contributed by atoms with van der Waals surface area (Å²) in [5.41, 5.74) is 3.52. The Morgan fingerprint density at radius 3 is 2.52 bits per heavy atom. The molecule has 2 aromatic rings. The Labute approximate surface area is 136 Å². The van der Waals surface area contributed by atoms with Crippen LogP contribution in [0.15, 0.2) is 30.3 Å². The van der Waals surface area contributed by atoms with Gasteiger partial charge in [0.05, 0.1) is 6.54 Å². The Balaban J connectivity index is 1.79. The van der Waals surface area contributed by atoms with E-state index in [9.17, 15) is 9.18 Å². The quantitative estimate of drug-likeness (QED) is 0.848. The number of halogens is 1. The second-order valence-corrected chi connectivity index (χ2v) is 6.38. The third-order valence-electron chi connectivity index (χ3n) is 4.72. The topological polar surface area (TPSA) is 34.0 Å². The van der Waals surface area contributed by atoms with Crippen molar-refractivity contribution in [1.29, 1.82) is 0 Å². The molecule has 0 bridgehead atoms. The third-order valence-corrected chi connectivity index (χ3v) is 4.72. The van der Waals surface area contributed by atoms with E-state index >= 15 is 0 Å². The number of Topliss-reactive ketones (excluding diaryl/α,β-unsaturated/α-hetero) is 1. The van der Waals surface area contributed by atoms with Crippen molar-refractivity contribution in [3.63, 3.8) is 0 Å². The summed E-state index contributed by atoms with van der Waals surface area (Å²) in [6, 6.07) is 8.77. The molecule has 0 spiro atoms. The van der Waals surface area contributed by atoms with Gasteiger partial charge in [-0.3, -0.25) is 4.79 Å². The maximum absolute atomic E-state index is 13.1. The predicted molar refractivity (Wildman–Crippen MR) is 89.8 cm³/mol. The van der Waals surface area contributed by atoms with Crippen LogP contribution in [0.3, 0.4) is 0 Å². The molecule has 1 N–H and O–H groups in total. The molecule has 3 rings (SSSR count). The molecule has 1 aliphatic carbocycles. The van der Waals surface area contributed by atoms with Gasteiger partial charge in [0, 0.05) is 28.7 Å². The molecule has 1 saturated carbocycles. The maximum Gasteiger partial charge on any atom is 0.178 e. The van der Waals surface area contributed by atoms with Gasteiger partial charge in [-0.1, -0.05) is 12.8 Å². The lowest BCUT2D eigenvalue weighted by Gasteiger charge is -2.12. The first-order valence-electron chi connectivity index (χ1n) is 8.27. The van der Waals surface area contributed by atoms with Gasteiger partial charge in [0.1, 0.15) is 5.82 Å². The molecule has 1 aromatic carbocycles. The van der Waals surface area contributed by atoms with E-state index in [0.717, 1.165) is 22.6 Å². The van der Waals surface area contributed by atoms with E-state index in [1.807, 2.05) is 24.5 Å². The van der Waals surface area contributed by atoms with Gasteiger partial charge in [0.2, 0.25) is 0 Å². The van der Waals surface area contributed by atoms with E-state index in [0.29, 0.717) is 12.6 Å². The smallest absolute Gasteiger partial charge is 0.178 e. The summed E-state index contributed by atoms with van der Waals surface area (Å²) in [6.07, 6.45) is 4.85. The second kappa shape index (κ2) is 6.67. The molecule has 1 aromatic heterocycles. The van der Waals surface area contributed by atoms with E-state index in [2.05, 4.69) is 5.32 Å². The first kappa shape index (κ1) is 15.9. The van der Waals surface area contributed by atoms with Gasteiger partial charge in [-0.25, -0.2) is 4.39 Å². The number of aryl methyl sites for hydroxylation is 1. The zero-order valence-corrected chi connectivity index (χ0v) is 13.7. The first-order chi connectivity index (χ1) is 11.1. The summed E-state index contributed by atoms with van der Waals surface area (Å²) in [5, 5.41) is 3.37. The third kappa shape index (κ3) is 3.37. The van der Waals surface area contributed by atoms with E-state index in [1.54, 1.807) is 12.1 Å². The van der Waals surface area contributed by atoms with Gasteiger partial charge < -0.3 is 9.88 Å². The van der Waals surface area contributed by atoms with Crippen LogP contribution < -0.4 is 5.32 Å². The summed E-state index contributed by atoms with van der Waals surface area (Å²) in [5.74, 6) is -0.133. The fraction of sp³-hybridized carbons (Fsp3) is 0.421. The number of aromatic nitrogens is 1. The minimum Gasteiger partial charge on any atom is -0.318 e. The van der Waals surface area contributed by atoms with Crippen molar-refractivity contribution in [3.8, 4) is 5.69 Å². The van der Waals surface area contributed by atoms with Crippen molar-refractivity contribution < 1.29 is 9.18 Å². The normalized spacial score (nSPS) is 15.3. The molecule has 23 heavy (non-hydrogen) atoms. The monoisotopic (exact) mass is 314 g/mol.